The van der Waals surface area contributed by atoms with E-state index in [4.69, 9.17) is 5.73 Å². The molecule has 0 aromatic heterocycles. The Bertz CT molecular complexity index is 481. The number of carbonyl (C=O) groups is 1. The maximum atomic E-state index is 13.8. The molecule has 1 fully saturated rings. The Morgan fingerprint density at radius 3 is 3.00 bits per heavy atom. The van der Waals surface area contributed by atoms with Crippen LogP contribution in [0.25, 0.3) is 0 Å². The Balaban J connectivity index is 1.99. The second kappa shape index (κ2) is 7.09. The molecule has 2 rings (SSSR count). The van der Waals surface area contributed by atoms with E-state index < -0.39 is 5.91 Å². The first-order chi connectivity index (χ1) is 9.61. The van der Waals surface area contributed by atoms with Gasteiger partial charge < -0.3 is 11.1 Å². The molecule has 1 aliphatic rings. The number of amides is 1. The summed E-state index contributed by atoms with van der Waals surface area (Å²) in [5, 5.41) is 4.04. The second-order valence-electron chi connectivity index (χ2n) is 5.08. The van der Waals surface area contributed by atoms with Gasteiger partial charge in [-0.1, -0.05) is 13.3 Å². The quantitative estimate of drug-likeness (QED) is 0.848. The van der Waals surface area contributed by atoms with Gasteiger partial charge in [-0.15, -0.1) is 0 Å². The lowest BCUT2D eigenvalue weighted by molar-refractivity contribution is 0.1000. The van der Waals surface area contributed by atoms with Crippen molar-refractivity contribution >= 4 is 17.7 Å². The summed E-state index contributed by atoms with van der Waals surface area (Å²) in [4.78, 5) is 11.1. The van der Waals surface area contributed by atoms with Gasteiger partial charge in [0.05, 0.1) is 0 Å². The van der Waals surface area contributed by atoms with Crippen LogP contribution >= 0.6 is 11.8 Å². The minimum atomic E-state index is -0.522. The summed E-state index contributed by atoms with van der Waals surface area (Å²) in [7, 11) is 0. The Morgan fingerprint density at radius 1 is 1.50 bits per heavy atom. The molecule has 5 heteroatoms. The molecular weight excluding hydrogens is 275 g/mol. The molecule has 1 aromatic rings. The Kier molecular flexibility index (Phi) is 5.43. The van der Waals surface area contributed by atoms with Gasteiger partial charge >= 0.3 is 0 Å². The third-order valence-corrected chi connectivity index (χ3v) is 5.04. The molecule has 0 bridgehead atoms. The first-order valence-corrected chi connectivity index (χ1v) is 8.10. The van der Waals surface area contributed by atoms with Gasteiger partial charge in [0.2, 0.25) is 5.91 Å². The lowest BCUT2D eigenvalue weighted by atomic mass is 10.1. The third kappa shape index (κ3) is 3.73. The third-order valence-electron chi connectivity index (χ3n) is 3.72. The number of thioether (sulfide) groups is 1. The van der Waals surface area contributed by atoms with Crippen molar-refractivity contribution in [2.75, 3.05) is 5.75 Å². The van der Waals surface area contributed by atoms with Gasteiger partial charge in [0.1, 0.15) is 5.82 Å². The molecule has 2 unspecified atom stereocenters. The number of hydrogen-bond donors (Lipinski definition) is 2. The topological polar surface area (TPSA) is 55.1 Å². The van der Waals surface area contributed by atoms with Crippen LogP contribution in [0, 0.1) is 5.82 Å². The van der Waals surface area contributed by atoms with Crippen molar-refractivity contribution in [3.05, 3.63) is 35.1 Å². The Labute approximate surface area is 123 Å². The summed E-state index contributed by atoms with van der Waals surface area (Å²) in [6.45, 7) is 2.61. The van der Waals surface area contributed by atoms with Crippen LogP contribution in [0.1, 0.15) is 42.1 Å². The highest BCUT2D eigenvalue weighted by Gasteiger charge is 2.26. The van der Waals surface area contributed by atoms with Gasteiger partial charge in [0.15, 0.2) is 0 Å². The van der Waals surface area contributed by atoms with E-state index in [0.29, 0.717) is 29.0 Å². The van der Waals surface area contributed by atoms with E-state index in [1.165, 1.54) is 25.0 Å². The molecule has 110 valence electrons. The van der Waals surface area contributed by atoms with E-state index in [1.54, 1.807) is 6.07 Å². The summed E-state index contributed by atoms with van der Waals surface area (Å²) in [5.41, 5.74) is 6.09. The standard InChI is InChI=1S/C15H21FN2OS/c1-2-20-14-5-3-4-13(14)18-9-11-8-10(15(17)19)6-7-12(11)16/h6-8,13-14,18H,2-5,9H2,1H3,(H2,17,19). The lowest BCUT2D eigenvalue weighted by Gasteiger charge is -2.20. The number of carbonyl (C=O) groups excluding carboxylic acids is 1. The SMILES string of the molecule is CCSC1CCCC1NCc1cc(C(N)=O)ccc1F. The van der Waals surface area contributed by atoms with Crippen molar-refractivity contribution in [1.29, 1.82) is 0 Å². The molecule has 1 aliphatic carbocycles. The lowest BCUT2D eigenvalue weighted by Crippen LogP contribution is -2.34. The van der Waals surface area contributed by atoms with Crippen molar-refractivity contribution in [3.8, 4) is 0 Å². The number of rotatable bonds is 6. The van der Waals surface area contributed by atoms with Gasteiger partial charge in [0.25, 0.3) is 0 Å². The van der Waals surface area contributed by atoms with Crippen LogP contribution in [0.2, 0.25) is 0 Å². The first-order valence-electron chi connectivity index (χ1n) is 7.05. The van der Waals surface area contributed by atoms with E-state index in [1.807, 2.05) is 11.8 Å². The van der Waals surface area contributed by atoms with Crippen molar-refractivity contribution in [2.45, 2.75) is 44.0 Å². The fourth-order valence-corrected chi connectivity index (χ4v) is 3.90. The van der Waals surface area contributed by atoms with E-state index >= 15 is 0 Å². The average Bonchev–Trinajstić information content (AvgIpc) is 2.85. The van der Waals surface area contributed by atoms with Gasteiger partial charge in [-0.05, 0) is 36.8 Å². The number of nitrogens with one attached hydrogen (secondary N) is 1. The van der Waals surface area contributed by atoms with Crippen molar-refractivity contribution in [3.63, 3.8) is 0 Å². The van der Waals surface area contributed by atoms with Crippen molar-refractivity contribution in [1.82, 2.24) is 5.32 Å². The first kappa shape index (κ1) is 15.3. The van der Waals surface area contributed by atoms with E-state index in [0.717, 1.165) is 12.2 Å². The van der Waals surface area contributed by atoms with Gasteiger partial charge in [-0.3, -0.25) is 4.79 Å². The summed E-state index contributed by atoms with van der Waals surface area (Å²) in [6.07, 6.45) is 3.58. The zero-order valence-corrected chi connectivity index (χ0v) is 12.5. The fourth-order valence-electron chi connectivity index (χ4n) is 2.68. The minimum absolute atomic E-state index is 0.291. The molecule has 20 heavy (non-hydrogen) atoms. The zero-order chi connectivity index (χ0) is 14.5. The second-order valence-corrected chi connectivity index (χ2v) is 6.60. The van der Waals surface area contributed by atoms with Crippen LogP contribution in [0.5, 0.6) is 0 Å². The minimum Gasteiger partial charge on any atom is -0.366 e. The number of hydrogen-bond acceptors (Lipinski definition) is 3. The van der Waals surface area contributed by atoms with Crippen LogP contribution in [0.3, 0.4) is 0 Å². The van der Waals surface area contributed by atoms with Gasteiger partial charge in [-0.25, -0.2) is 4.39 Å². The van der Waals surface area contributed by atoms with Crippen LogP contribution in [-0.4, -0.2) is 23.0 Å². The Hall–Kier alpha value is -1.07. The molecule has 1 aromatic carbocycles. The zero-order valence-electron chi connectivity index (χ0n) is 11.7. The molecule has 3 nitrogen and oxygen atoms in total. The highest BCUT2D eigenvalue weighted by atomic mass is 32.2. The molecule has 0 aliphatic heterocycles. The summed E-state index contributed by atoms with van der Waals surface area (Å²) in [6, 6.07) is 4.70. The van der Waals surface area contributed by atoms with Gasteiger partial charge in [-0.2, -0.15) is 11.8 Å². The monoisotopic (exact) mass is 296 g/mol. The number of nitrogens with two attached hydrogens (primary N) is 1. The molecule has 3 N–H and O–H groups in total. The van der Waals surface area contributed by atoms with Crippen LogP contribution in [0.15, 0.2) is 18.2 Å². The molecule has 1 saturated carbocycles. The van der Waals surface area contributed by atoms with E-state index in [9.17, 15) is 9.18 Å². The molecule has 2 atom stereocenters. The molecule has 0 heterocycles. The van der Waals surface area contributed by atoms with E-state index in [2.05, 4.69) is 12.2 Å². The highest BCUT2D eigenvalue weighted by Crippen LogP contribution is 2.30. The average molecular weight is 296 g/mol. The molecule has 1 amide bonds. The van der Waals surface area contributed by atoms with Crippen molar-refractivity contribution < 1.29 is 9.18 Å². The normalized spacial score (nSPS) is 22.1. The fraction of sp³-hybridized carbons (Fsp3) is 0.533. The highest BCUT2D eigenvalue weighted by molar-refractivity contribution is 7.99. The van der Waals surface area contributed by atoms with Crippen LogP contribution in [0.4, 0.5) is 4.39 Å². The summed E-state index contributed by atoms with van der Waals surface area (Å²) >= 11 is 1.96. The van der Waals surface area contributed by atoms with E-state index in [-0.39, 0.29) is 5.82 Å². The van der Waals surface area contributed by atoms with Crippen LogP contribution in [-0.2, 0) is 6.54 Å². The molecular formula is C15H21FN2OS. The Morgan fingerprint density at radius 2 is 2.30 bits per heavy atom. The molecule has 0 spiro atoms. The van der Waals surface area contributed by atoms with Crippen molar-refractivity contribution in [2.24, 2.45) is 5.73 Å². The predicted molar refractivity (Wildman–Crippen MR) is 81.3 cm³/mol. The molecule has 0 radical (unpaired) electrons. The maximum absolute atomic E-state index is 13.8. The smallest absolute Gasteiger partial charge is 0.248 e. The number of benzene rings is 1. The maximum Gasteiger partial charge on any atom is 0.248 e. The summed E-state index contributed by atoms with van der Waals surface area (Å²) in [5.74, 6) is 0.292. The van der Waals surface area contributed by atoms with Gasteiger partial charge in [0, 0.05) is 29.0 Å². The predicted octanol–water partition coefficient (Wildman–Crippen LogP) is 2.69. The largest absolute Gasteiger partial charge is 0.366 e. The number of halogens is 1. The summed E-state index contributed by atoms with van der Waals surface area (Å²) < 4.78 is 13.8. The molecule has 0 saturated heterocycles. The van der Waals surface area contributed by atoms with Crippen LogP contribution < -0.4 is 11.1 Å². The number of primary amides is 1.